The van der Waals surface area contributed by atoms with E-state index in [1.807, 2.05) is 31.2 Å². The molecule has 0 heterocycles. The third kappa shape index (κ3) is 2.46. The van der Waals surface area contributed by atoms with E-state index in [4.69, 9.17) is 0 Å². The molecule has 0 saturated carbocycles. The highest BCUT2D eigenvalue weighted by molar-refractivity contribution is 5.43. The largest absolute Gasteiger partial charge is 0.384 e. The van der Waals surface area contributed by atoms with Crippen molar-refractivity contribution in [3.8, 4) is 0 Å². The minimum absolute atomic E-state index is 0.537. The van der Waals surface area contributed by atoms with E-state index in [0.29, 0.717) is 0 Å². The second kappa shape index (κ2) is 4.95. The summed E-state index contributed by atoms with van der Waals surface area (Å²) in [6, 6.07) is 12.3. The first-order valence-electron chi connectivity index (χ1n) is 6.31. The predicted octanol–water partition coefficient (Wildman–Crippen LogP) is 4.00. The average molecular weight is 240 g/mol. The molecule has 2 aromatic carbocycles. The molecule has 0 aromatic heterocycles. The van der Waals surface area contributed by atoms with E-state index in [0.717, 1.165) is 22.3 Å². The zero-order valence-electron chi connectivity index (χ0n) is 11.5. The molecular formula is C17H20O. The maximum absolute atomic E-state index is 10.6. The molecule has 1 atom stereocenters. The summed E-state index contributed by atoms with van der Waals surface area (Å²) in [5.74, 6) is 0. The Balaban J connectivity index is 2.49. The first-order valence-corrected chi connectivity index (χ1v) is 6.31. The van der Waals surface area contributed by atoms with Crippen LogP contribution < -0.4 is 0 Å². The van der Waals surface area contributed by atoms with Crippen molar-refractivity contribution in [2.45, 2.75) is 33.8 Å². The number of hydrogen-bond donors (Lipinski definition) is 1. The number of aryl methyl sites for hydroxylation is 4. The summed E-state index contributed by atoms with van der Waals surface area (Å²) in [6.45, 7) is 8.26. The van der Waals surface area contributed by atoms with Crippen molar-refractivity contribution >= 4 is 0 Å². The average Bonchev–Trinajstić information content (AvgIpc) is 2.27. The van der Waals surface area contributed by atoms with E-state index in [1.165, 1.54) is 11.1 Å². The molecule has 0 bridgehead atoms. The Morgan fingerprint density at radius 1 is 0.833 bits per heavy atom. The van der Waals surface area contributed by atoms with Gasteiger partial charge in [-0.2, -0.15) is 0 Å². The molecule has 0 fully saturated rings. The summed E-state index contributed by atoms with van der Waals surface area (Å²) in [5, 5.41) is 10.6. The first-order chi connectivity index (χ1) is 8.49. The molecule has 0 amide bonds. The van der Waals surface area contributed by atoms with Crippen LogP contribution >= 0.6 is 0 Å². The van der Waals surface area contributed by atoms with E-state index >= 15 is 0 Å². The molecule has 1 unspecified atom stereocenters. The fourth-order valence-corrected chi connectivity index (χ4v) is 2.63. The minimum atomic E-state index is -0.537. The van der Waals surface area contributed by atoms with Gasteiger partial charge in [0.2, 0.25) is 0 Å². The Morgan fingerprint density at radius 2 is 1.44 bits per heavy atom. The van der Waals surface area contributed by atoms with Crippen molar-refractivity contribution < 1.29 is 5.11 Å². The van der Waals surface area contributed by atoms with Crippen molar-refractivity contribution in [1.82, 2.24) is 0 Å². The van der Waals surface area contributed by atoms with E-state index in [9.17, 15) is 5.11 Å². The summed E-state index contributed by atoms with van der Waals surface area (Å²) in [4.78, 5) is 0. The normalized spacial score (nSPS) is 12.5. The maximum atomic E-state index is 10.6. The van der Waals surface area contributed by atoms with Gasteiger partial charge >= 0.3 is 0 Å². The first kappa shape index (κ1) is 12.8. The van der Waals surface area contributed by atoms with E-state index in [-0.39, 0.29) is 0 Å². The molecule has 0 saturated heterocycles. The Hall–Kier alpha value is -1.60. The van der Waals surface area contributed by atoms with E-state index in [1.54, 1.807) is 0 Å². The highest BCUT2D eigenvalue weighted by atomic mass is 16.3. The smallest absolute Gasteiger partial charge is 0.105 e. The predicted molar refractivity (Wildman–Crippen MR) is 75.9 cm³/mol. The zero-order chi connectivity index (χ0) is 13.3. The lowest BCUT2D eigenvalue weighted by Crippen LogP contribution is -2.05. The summed E-state index contributed by atoms with van der Waals surface area (Å²) >= 11 is 0. The third-order valence-electron chi connectivity index (χ3n) is 3.37. The van der Waals surface area contributed by atoms with Crippen molar-refractivity contribution in [1.29, 1.82) is 0 Å². The van der Waals surface area contributed by atoms with Crippen molar-refractivity contribution in [2.75, 3.05) is 0 Å². The van der Waals surface area contributed by atoms with Crippen LogP contribution in [0.3, 0.4) is 0 Å². The molecule has 2 aromatic rings. The van der Waals surface area contributed by atoms with Gasteiger partial charge in [0.05, 0.1) is 0 Å². The standard InChI is InChI=1S/C17H20O/c1-11-6-5-7-15(10-11)17(18)16-13(3)8-12(2)9-14(16)4/h5-10,17-18H,1-4H3. The molecule has 0 spiro atoms. The van der Waals surface area contributed by atoms with Crippen LogP contribution in [0.5, 0.6) is 0 Å². The Kier molecular flexibility index (Phi) is 3.53. The second-order valence-electron chi connectivity index (χ2n) is 5.13. The minimum Gasteiger partial charge on any atom is -0.384 e. The van der Waals surface area contributed by atoms with Crippen molar-refractivity contribution in [2.24, 2.45) is 0 Å². The van der Waals surface area contributed by atoms with Crippen molar-refractivity contribution in [3.63, 3.8) is 0 Å². The molecule has 1 heteroatoms. The summed E-state index contributed by atoms with van der Waals surface area (Å²) in [5.41, 5.74) is 6.72. The molecular weight excluding hydrogens is 220 g/mol. The van der Waals surface area contributed by atoms with Gasteiger partial charge in [-0.15, -0.1) is 0 Å². The van der Waals surface area contributed by atoms with Crippen LogP contribution in [-0.2, 0) is 0 Å². The van der Waals surface area contributed by atoms with Gasteiger partial charge in [-0.1, -0.05) is 47.5 Å². The number of rotatable bonds is 2. The number of aliphatic hydroxyl groups excluding tert-OH is 1. The van der Waals surface area contributed by atoms with Gasteiger partial charge < -0.3 is 5.11 Å². The van der Waals surface area contributed by atoms with Crippen LogP contribution in [0, 0.1) is 27.7 Å². The lowest BCUT2D eigenvalue weighted by molar-refractivity contribution is 0.218. The van der Waals surface area contributed by atoms with Gasteiger partial charge in [-0.25, -0.2) is 0 Å². The fourth-order valence-electron chi connectivity index (χ4n) is 2.63. The number of hydrogen-bond acceptors (Lipinski definition) is 1. The third-order valence-corrected chi connectivity index (χ3v) is 3.37. The number of benzene rings is 2. The molecule has 0 aliphatic carbocycles. The molecule has 94 valence electrons. The van der Waals surface area contributed by atoms with E-state index in [2.05, 4.69) is 32.9 Å². The van der Waals surface area contributed by atoms with Gasteiger partial charge in [0, 0.05) is 0 Å². The quantitative estimate of drug-likeness (QED) is 0.841. The molecule has 0 aliphatic rings. The van der Waals surface area contributed by atoms with Gasteiger partial charge in [-0.05, 0) is 49.9 Å². The Labute approximate surface area is 109 Å². The highest BCUT2D eigenvalue weighted by Gasteiger charge is 2.15. The molecule has 18 heavy (non-hydrogen) atoms. The van der Waals surface area contributed by atoms with Crippen LogP contribution in [-0.4, -0.2) is 5.11 Å². The molecule has 1 nitrogen and oxygen atoms in total. The van der Waals surface area contributed by atoms with Crippen LogP contribution in [0.15, 0.2) is 36.4 Å². The van der Waals surface area contributed by atoms with Gasteiger partial charge in [0.1, 0.15) is 6.10 Å². The molecule has 0 aliphatic heterocycles. The van der Waals surface area contributed by atoms with Gasteiger partial charge in [0.15, 0.2) is 0 Å². The van der Waals surface area contributed by atoms with Crippen molar-refractivity contribution in [3.05, 3.63) is 69.8 Å². The summed E-state index contributed by atoms with van der Waals surface area (Å²) in [7, 11) is 0. The Bertz CT molecular complexity index is 547. The summed E-state index contributed by atoms with van der Waals surface area (Å²) < 4.78 is 0. The molecule has 1 N–H and O–H groups in total. The Morgan fingerprint density at radius 3 is 2.00 bits per heavy atom. The summed E-state index contributed by atoms with van der Waals surface area (Å²) in [6.07, 6.45) is -0.537. The molecule has 0 radical (unpaired) electrons. The number of aliphatic hydroxyl groups is 1. The van der Waals surface area contributed by atoms with Crippen LogP contribution in [0.4, 0.5) is 0 Å². The lowest BCUT2D eigenvalue weighted by atomic mass is 9.91. The van der Waals surface area contributed by atoms with E-state index < -0.39 is 6.10 Å². The lowest BCUT2D eigenvalue weighted by Gasteiger charge is -2.18. The monoisotopic (exact) mass is 240 g/mol. The zero-order valence-corrected chi connectivity index (χ0v) is 11.5. The van der Waals surface area contributed by atoms with Gasteiger partial charge in [0.25, 0.3) is 0 Å². The maximum Gasteiger partial charge on any atom is 0.105 e. The van der Waals surface area contributed by atoms with Gasteiger partial charge in [-0.3, -0.25) is 0 Å². The van der Waals surface area contributed by atoms with Crippen LogP contribution in [0.1, 0.15) is 39.5 Å². The SMILES string of the molecule is Cc1cccc(C(O)c2c(C)cc(C)cc2C)c1. The van der Waals surface area contributed by atoms with Crippen LogP contribution in [0.2, 0.25) is 0 Å². The van der Waals surface area contributed by atoms with Crippen LogP contribution in [0.25, 0.3) is 0 Å². The topological polar surface area (TPSA) is 20.2 Å². The highest BCUT2D eigenvalue weighted by Crippen LogP contribution is 2.29. The molecule has 2 rings (SSSR count). The second-order valence-corrected chi connectivity index (χ2v) is 5.13. The fraction of sp³-hybridized carbons (Fsp3) is 0.294.